The van der Waals surface area contributed by atoms with Crippen LogP contribution in [0.5, 0.6) is 0 Å². The minimum absolute atomic E-state index is 0.324. The molecule has 1 fully saturated rings. The number of halogens is 3. The van der Waals surface area contributed by atoms with E-state index in [-0.39, 0.29) is 0 Å². The molecule has 0 radical (unpaired) electrons. The van der Waals surface area contributed by atoms with Crippen molar-refractivity contribution in [3.05, 3.63) is 24.2 Å². The van der Waals surface area contributed by atoms with Gasteiger partial charge >= 0.3 is 6.18 Å². The van der Waals surface area contributed by atoms with E-state index in [1.165, 1.54) is 4.52 Å². The summed E-state index contributed by atoms with van der Waals surface area (Å²) in [6.07, 6.45) is 3.41. The Morgan fingerprint density at radius 3 is 2.53 bits per heavy atom. The molecular weight excluding hydrogens is 231 g/mol. The number of rotatable bonds is 1. The second kappa shape index (κ2) is 3.51. The highest BCUT2D eigenvalue weighted by molar-refractivity contribution is 5.42. The molecular formula is C11H12F3N3. The van der Waals surface area contributed by atoms with Crippen molar-refractivity contribution < 1.29 is 13.2 Å². The molecule has 2 aromatic heterocycles. The fraction of sp³-hybridized carbons (Fsp3) is 0.545. The van der Waals surface area contributed by atoms with Gasteiger partial charge in [0.05, 0.1) is 0 Å². The van der Waals surface area contributed by atoms with Crippen LogP contribution in [-0.4, -0.2) is 14.2 Å². The number of hydrogen-bond acceptors (Lipinski definition) is 1. The first kappa shape index (κ1) is 10.7. The monoisotopic (exact) mass is 243 g/mol. The molecule has 17 heavy (non-hydrogen) atoms. The average Bonchev–Trinajstić information content (AvgIpc) is 2.91. The predicted octanol–water partition coefficient (Wildman–Crippen LogP) is 3.27. The SMILES string of the molecule is FC(F)(F)c1cc2n(C3CCCC3)ccn2n1. The van der Waals surface area contributed by atoms with Crippen molar-refractivity contribution in [3.8, 4) is 0 Å². The van der Waals surface area contributed by atoms with Gasteiger partial charge in [-0.25, -0.2) is 4.52 Å². The first-order valence-corrected chi connectivity index (χ1v) is 5.69. The van der Waals surface area contributed by atoms with Gasteiger partial charge < -0.3 is 4.57 Å². The predicted molar refractivity (Wildman–Crippen MR) is 55.7 cm³/mol. The van der Waals surface area contributed by atoms with E-state index in [9.17, 15) is 13.2 Å². The van der Waals surface area contributed by atoms with Crippen molar-refractivity contribution in [1.29, 1.82) is 0 Å². The van der Waals surface area contributed by atoms with E-state index >= 15 is 0 Å². The molecule has 1 aliphatic rings. The number of nitrogens with zero attached hydrogens (tertiary/aromatic N) is 3. The molecule has 3 nitrogen and oxygen atoms in total. The molecule has 0 N–H and O–H groups in total. The second-order valence-electron chi connectivity index (χ2n) is 4.47. The summed E-state index contributed by atoms with van der Waals surface area (Å²) in [6, 6.07) is 1.45. The minimum atomic E-state index is -4.37. The Morgan fingerprint density at radius 2 is 1.88 bits per heavy atom. The van der Waals surface area contributed by atoms with Crippen LogP contribution in [0.25, 0.3) is 5.65 Å². The first-order valence-electron chi connectivity index (χ1n) is 5.69. The number of imidazole rings is 1. The third-order valence-corrected chi connectivity index (χ3v) is 3.36. The minimum Gasteiger partial charge on any atom is -0.328 e. The maximum Gasteiger partial charge on any atom is 0.435 e. The Hall–Kier alpha value is -1.46. The Balaban J connectivity index is 2.05. The van der Waals surface area contributed by atoms with Gasteiger partial charge in [-0.3, -0.25) is 0 Å². The molecule has 0 saturated heterocycles. The van der Waals surface area contributed by atoms with Gasteiger partial charge in [-0.15, -0.1) is 0 Å². The van der Waals surface area contributed by atoms with Gasteiger partial charge in [-0.05, 0) is 12.8 Å². The molecule has 3 rings (SSSR count). The molecule has 2 heterocycles. The number of aromatic nitrogens is 3. The van der Waals surface area contributed by atoms with Crippen LogP contribution < -0.4 is 0 Å². The zero-order valence-electron chi connectivity index (χ0n) is 9.11. The largest absolute Gasteiger partial charge is 0.435 e. The summed E-state index contributed by atoms with van der Waals surface area (Å²) < 4.78 is 40.8. The van der Waals surface area contributed by atoms with E-state index in [1.807, 2.05) is 10.8 Å². The summed E-state index contributed by atoms with van der Waals surface area (Å²) in [4.78, 5) is 0. The molecule has 2 aromatic rings. The zero-order chi connectivity index (χ0) is 12.0. The Kier molecular flexibility index (Phi) is 2.21. The van der Waals surface area contributed by atoms with Crippen LogP contribution in [0.1, 0.15) is 37.4 Å². The van der Waals surface area contributed by atoms with Gasteiger partial charge in [0.2, 0.25) is 0 Å². The lowest BCUT2D eigenvalue weighted by atomic mass is 10.2. The summed E-state index contributed by atoms with van der Waals surface area (Å²) in [5.74, 6) is 0. The van der Waals surface area contributed by atoms with Crippen LogP contribution >= 0.6 is 0 Å². The van der Waals surface area contributed by atoms with Crippen molar-refractivity contribution >= 4 is 5.65 Å². The molecule has 0 bridgehead atoms. The topological polar surface area (TPSA) is 22.2 Å². The summed E-state index contributed by atoms with van der Waals surface area (Å²) in [5.41, 5.74) is -0.288. The van der Waals surface area contributed by atoms with Gasteiger partial charge in [0.25, 0.3) is 0 Å². The van der Waals surface area contributed by atoms with Crippen LogP contribution in [0.2, 0.25) is 0 Å². The van der Waals surface area contributed by atoms with E-state index in [0.29, 0.717) is 11.7 Å². The van der Waals surface area contributed by atoms with Crippen molar-refractivity contribution in [3.63, 3.8) is 0 Å². The summed E-state index contributed by atoms with van der Waals surface area (Å²) >= 11 is 0. The Morgan fingerprint density at radius 1 is 1.18 bits per heavy atom. The highest BCUT2D eigenvalue weighted by Crippen LogP contribution is 2.33. The second-order valence-corrected chi connectivity index (χ2v) is 4.47. The summed E-state index contributed by atoms with van der Waals surface area (Å²) in [5, 5.41) is 3.55. The van der Waals surface area contributed by atoms with Crippen LogP contribution in [0.15, 0.2) is 18.5 Å². The highest BCUT2D eigenvalue weighted by atomic mass is 19.4. The van der Waals surface area contributed by atoms with E-state index in [0.717, 1.165) is 31.7 Å². The van der Waals surface area contributed by atoms with E-state index in [4.69, 9.17) is 0 Å². The Bertz CT molecular complexity index is 532. The Labute approximate surface area is 95.8 Å². The maximum atomic E-state index is 12.5. The quantitative estimate of drug-likeness (QED) is 0.753. The molecule has 6 heteroatoms. The molecule has 0 amide bonds. The molecule has 0 unspecified atom stereocenters. The highest BCUT2D eigenvalue weighted by Gasteiger charge is 2.34. The standard InChI is InChI=1S/C11H12F3N3/c12-11(13,14)9-7-10-16(5-6-17(10)15-9)8-3-1-2-4-8/h5-8H,1-4H2. The van der Waals surface area contributed by atoms with Gasteiger partial charge in [0, 0.05) is 24.5 Å². The smallest absolute Gasteiger partial charge is 0.328 e. The first-order chi connectivity index (χ1) is 8.05. The van der Waals surface area contributed by atoms with Crippen LogP contribution in [0, 0.1) is 0 Å². The normalized spacial score (nSPS) is 18.3. The van der Waals surface area contributed by atoms with Crippen molar-refractivity contribution in [2.75, 3.05) is 0 Å². The van der Waals surface area contributed by atoms with E-state index in [1.54, 1.807) is 6.20 Å². The average molecular weight is 243 g/mol. The molecule has 1 aliphatic carbocycles. The van der Waals surface area contributed by atoms with Crippen molar-refractivity contribution in [2.24, 2.45) is 0 Å². The van der Waals surface area contributed by atoms with Crippen LogP contribution in [0.4, 0.5) is 13.2 Å². The number of hydrogen-bond donors (Lipinski definition) is 0. The fourth-order valence-electron chi connectivity index (χ4n) is 2.53. The van der Waals surface area contributed by atoms with Crippen LogP contribution in [0.3, 0.4) is 0 Å². The van der Waals surface area contributed by atoms with E-state index < -0.39 is 11.9 Å². The fourth-order valence-corrected chi connectivity index (χ4v) is 2.53. The summed E-state index contributed by atoms with van der Waals surface area (Å²) in [6.45, 7) is 0. The zero-order valence-corrected chi connectivity index (χ0v) is 9.11. The molecule has 1 saturated carbocycles. The van der Waals surface area contributed by atoms with Crippen molar-refractivity contribution in [2.45, 2.75) is 37.9 Å². The van der Waals surface area contributed by atoms with Crippen molar-refractivity contribution in [1.82, 2.24) is 14.2 Å². The number of alkyl halides is 3. The molecule has 0 aliphatic heterocycles. The number of fused-ring (bicyclic) bond motifs is 1. The maximum absolute atomic E-state index is 12.5. The van der Waals surface area contributed by atoms with Crippen LogP contribution in [-0.2, 0) is 6.18 Å². The van der Waals surface area contributed by atoms with Gasteiger partial charge in [0.1, 0.15) is 5.65 Å². The lowest BCUT2D eigenvalue weighted by Gasteiger charge is -2.11. The molecule has 0 spiro atoms. The third kappa shape index (κ3) is 1.71. The third-order valence-electron chi connectivity index (χ3n) is 3.36. The van der Waals surface area contributed by atoms with Gasteiger partial charge in [-0.1, -0.05) is 12.8 Å². The summed E-state index contributed by atoms with van der Waals surface area (Å²) in [7, 11) is 0. The van der Waals surface area contributed by atoms with Gasteiger partial charge in [-0.2, -0.15) is 18.3 Å². The molecule has 92 valence electrons. The van der Waals surface area contributed by atoms with E-state index in [2.05, 4.69) is 5.10 Å². The lowest BCUT2D eigenvalue weighted by molar-refractivity contribution is -0.141. The molecule has 0 atom stereocenters. The molecule has 0 aromatic carbocycles. The van der Waals surface area contributed by atoms with Gasteiger partial charge in [0.15, 0.2) is 5.69 Å². The lowest BCUT2D eigenvalue weighted by Crippen LogP contribution is -2.05.